The molecule has 1 aliphatic heterocycles. The predicted molar refractivity (Wildman–Crippen MR) is 59.8 cm³/mol. The molecule has 0 aliphatic carbocycles. The topological polar surface area (TPSA) is 83.6 Å². The number of carbonyl (C=O) groups is 2. The van der Waals surface area contributed by atoms with Crippen molar-refractivity contribution in [2.75, 3.05) is 13.1 Å². The van der Waals surface area contributed by atoms with Gasteiger partial charge in [0.2, 0.25) is 5.91 Å². The molecule has 0 saturated carbocycles. The summed E-state index contributed by atoms with van der Waals surface area (Å²) in [6.45, 7) is 5.57. The Morgan fingerprint density at radius 2 is 1.88 bits per heavy atom. The lowest BCUT2D eigenvalue weighted by Gasteiger charge is -2.36. The molecule has 1 amide bonds. The van der Waals surface area contributed by atoms with Gasteiger partial charge in [-0.15, -0.1) is 0 Å². The van der Waals surface area contributed by atoms with Gasteiger partial charge in [-0.05, 0) is 18.3 Å². The van der Waals surface area contributed by atoms with Crippen molar-refractivity contribution in [1.29, 1.82) is 0 Å². The van der Waals surface area contributed by atoms with Crippen LogP contribution in [0, 0.1) is 11.8 Å². The van der Waals surface area contributed by atoms with E-state index in [2.05, 4.69) is 13.8 Å². The van der Waals surface area contributed by atoms with Crippen molar-refractivity contribution < 1.29 is 14.7 Å². The normalized spacial score (nSPS) is 27.6. The van der Waals surface area contributed by atoms with Gasteiger partial charge in [-0.25, -0.2) is 0 Å². The molecular weight excluding hydrogens is 208 g/mol. The smallest absolute Gasteiger partial charge is 0.305 e. The molecule has 0 spiro atoms. The molecule has 5 nitrogen and oxygen atoms in total. The molecule has 0 aromatic heterocycles. The largest absolute Gasteiger partial charge is 0.481 e. The highest BCUT2D eigenvalue weighted by Crippen LogP contribution is 2.21. The Kier molecular flexibility index (Phi) is 4.29. The summed E-state index contributed by atoms with van der Waals surface area (Å²) in [4.78, 5) is 24.0. The van der Waals surface area contributed by atoms with Crippen LogP contribution < -0.4 is 5.73 Å². The van der Waals surface area contributed by atoms with Crippen LogP contribution in [0.4, 0.5) is 0 Å². The number of nitrogens with two attached hydrogens (primary N) is 1. The van der Waals surface area contributed by atoms with E-state index in [1.807, 2.05) is 0 Å². The lowest BCUT2D eigenvalue weighted by molar-refractivity contribution is -0.143. The van der Waals surface area contributed by atoms with Crippen molar-refractivity contribution in [3.8, 4) is 0 Å². The van der Waals surface area contributed by atoms with Crippen LogP contribution in [0.15, 0.2) is 0 Å². The van der Waals surface area contributed by atoms with Crippen molar-refractivity contribution in [3.63, 3.8) is 0 Å². The molecule has 0 aromatic rings. The minimum Gasteiger partial charge on any atom is -0.481 e. The average Bonchev–Trinajstić information content (AvgIpc) is 2.13. The SMILES string of the molecule is CC1CC(C)CN(C(=O)C(N)CC(=O)O)C1. The highest BCUT2D eigenvalue weighted by Gasteiger charge is 2.29. The zero-order valence-corrected chi connectivity index (χ0v) is 9.85. The number of hydrogen-bond donors (Lipinski definition) is 2. The van der Waals surface area contributed by atoms with Gasteiger partial charge in [0.15, 0.2) is 0 Å². The summed E-state index contributed by atoms with van der Waals surface area (Å²) in [7, 11) is 0. The van der Waals surface area contributed by atoms with Crippen LogP contribution in [0.2, 0.25) is 0 Å². The number of piperidine rings is 1. The fraction of sp³-hybridized carbons (Fsp3) is 0.818. The van der Waals surface area contributed by atoms with Crippen LogP contribution in [-0.4, -0.2) is 41.0 Å². The Morgan fingerprint density at radius 1 is 1.38 bits per heavy atom. The van der Waals surface area contributed by atoms with Gasteiger partial charge in [-0.1, -0.05) is 13.8 Å². The minimum atomic E-state index is -1.03. The number of aliphatic carboxylic acids is 1. The molecule has 5 heteroatoms. The summed E-state index contributed by atoms with van der Waals surface area (Å²) < 4.78 is 0. The van der Waals surface area contributed by atoms with Gasteiger partial charge in [-0.3, -0.25) is 9.59 Å². The van der Waals surface area contributed by atoms with Crippen LogP contribution in [-0.2, 0) is 9.59 Å². The quantitative estimate of drug-likeness (QED) is 0.727. The van der Waals surface area contributed by atoms with Gasteiger partial charge in [-0.2, -0.15) is 0 Å². The minimum absolute atomic E-state index is 0.235. The summed E-state index contributed by atoms with van der Waals surface area (Å²) >= 11 is 0. The molecule has 1 aliphatic rings. The molecule has 0 bridgehead atoms. The maximum absolute atomic E-state index is 11.9. The van der Waals surface area contributed by atoms with Gasteiger partial charge >= 0.3 is 5.97 Å². The van der Waals surface area contributed by atoms with Gasteiger partial charge in [0.25, 0.3) is 0 Å². The number of nitrogens with zero attached hydrogens (tertiary/aromatic N) is 1. The molecule has 1 rings (SSSR count). The maximum Gasteiger partial charge on any atom is 0.305 e. The fourth-order valence-corrected chi connectivity index (χ4v) is 2.35. The summed E-state index contributed by atoms with van der Waals surface area (Å²) in [5, 5.41) is 8.58. The molecule has 0 aromatic carbocycles. The number of hydrogen-bond acceptors (Lipinski definition) is 3. The molecule has 0 radical (unpaired) electrons. The van der Waals surface area contributed by atoms with E-state index >= 15 is 0 Å². The number of carboxylic acids is 1. The van der Waals surface area contributed by atoms with Crippen LogP contribution in [0.1, 0.15) is 26.7 Å². The monoisotopic (exact) mass is 228 g/mol. The number of likely N-dealkylation sites (tertiary alicyclic amines) is 1. The second kappa shape index (κ2) is 5.30. The second-order valence-corrected chi connectivity index (χ2v) is 4.89. The number of rotatable bonds is 3. The van der Waals surface area contributed by atoms with Crippen molar-refractivity contribution in [3.05, 3.63) is 0 Å². The van der Waals surface area contributed by atoms with Crippen LogP contribution >= 0.6 is 0 Å². The third kappa shape index (κ3) is 3.48. The van der Waals surface area contributed by atoms with Crippen LogP contribution in [0.5, 0.6) is 0 Å². The van der Waals surface area contributed by atoms with Crippen LogP contribution in [0.25, 0.3) is 0 Å². The van der Waals surface area contributed by atoms with E-state index in [9.17, 15) is 9.59 Å². The van der Waals surface area contributed by atoms with E-state index in [1.165, 1.54) is 0 Å². The molecule has 3 N–H and O–H groups in total. The van der Waals surface area contributed by atoms with E-state index in [4.69, 9.17) is 10.8 Å². The standard InChI is InChI=1S/C11H20N2O3/c1-7-3-8(2)6-13(5-7)11(16)9(12)4-10(14)15/h7-9H,3-6,12H2,1-2H3,(H,14,15). The third-order valence-electron chi connectivity index (χ3n) is 2.89. The number of carboxylic acid groups (broad SMARTS) is 1. The summed E-state index contributed by atoms with van der Waals surface area (Å²) in [6, 6.07) is -0.907. The lowest BCUT2D eigenvalue weighted by atomic mass is 9.91. The zero-order valence-electron chi connectivity index (χ0n) is 9.85. The summed E-state index contributed by atoms with van der Waals surface area (Å²) in [6.07, 6.45) is 0.816. The maximum atomic E-state index is 11.9. The Labute approximate surface area is 95.6 Å². The molecule has 1 heterocycles. The molecule has 92 valence electrons. The Hall–Kier alpha value is -1.10. The first-order valence-electron chi connectivity index (χ1n) is 5.66. The molecule has 16 heavy (non-hydrogen) atoms. The molecule has 3 atom stereocenters. The van der Waals surface area contributed by atoms with Gasteiger partial charge in [0, 0.05) is 13.1 Å². The zero-order chi connectivity index (χ0) is 12.3. The van der Waals surface area contributed by atoms with Gasteiger partial charge in [0.05, 0.1) is 12.5 Å². The highest BCUT2D eigenvalue weighted by molar-refractivity contribution is 5.86. The third-order valence-corrected chi connectivity index (χ3v) is 2.89. The number of amides is 1. The number of carbonyl (C=O) groups excluding carboxylic acids is 1. The molecule has 3 unspecified atom stereocenters. The first-order valence-corrected chi connectivity index (χ1v) is 5.66. The molecule has 1 saturated heterocycles. The van der Waals surface area contributed by atoms with E-state index < -0.39 is 12.0 Å². The summed E-state index contributed by atoms with van der Waals surface area (Å²) in [5.41, 5.74) is 5.57. The van der Waals surface area contributed by atoms with Crippen molar-refractivity contribution in [1.82, 2.24) is 4.90 Å². The van der Waals surface area contributed by atoms with Gasteiger partial charge in [0.1, 0.15) is 0 Å². The van der Waals surface area contributed by atoms with E-state index in [-0.39, 0.29) is 12.3 Å². The van der Waals surface area contributed by atoms with E-state index in [0.717, 1.165) is 6.42 Å². The second-order valence-electron chi connectivity index (χ2n) is 4.89. The van der Waals surface area contributed by atoms with Gasteiger partial charge < -0.3 is 15.7 Å². The Morgan fingerprint density at radius 3 is 2.31 bits per heavy atom. The van der Waals surface area contributed by atoms with E-state index in [1.54, 1.807) is 4.90 Å². The first kappa shape index (κ1) is 13.0. The summed E-state index contributed by atoms with van der Waals surface area (Å²) in [5.74, 6) is -0.339. The van der Waals surface area contributed by atoms with Crippen molar-refractivity contribution in [2.24, 2.45) is 17.6 Å². The predicted octanol–water partition coefficient (Wildman–Crippen LogP) is 0.293. The van der Waals surface area contributed by atoms with Crippen molar-refractivity contribution in [2.45, 2.75) is 32.7 Å². The Balaban J connectivity index is 2.55. The van der Waals surface area contributed by atoms with Crippen molar-refractivity contribution >= 4 is 11.9 Å². The lowest BCUT2D eigenvalue weighted by Crippen LogP contribution is -2.50. The van der Waals surface area contributed by atoms with Crippen LogP contribution in [0.3, 0.4) is 0 Å². The average molecular weight is 228 g/mol. The molecule has 1 fully saturated rings. The fourth-order valence-electron chi connectivity index (χ4n) is 2.35. The first-order chi connectivity index (χ1) is 7.40. The van der Waals surface area contributed by atoms with E-state index in [0.29, 0.717) is 24.9 Å². The highest BCUT2D eigenvalue weighted by atomic mass is 16.4. The Bertz CT molecular complexity index is 270. The molecular formula is C11H20N2O3.